The highest BCUT2D eigenvalue weighted by molar-refractivity contribution is 5.83. The van der Waals surface area contributed by atoms with Crippen molar-refractivity contribution in [2.24, 2.45) is 10.3 Å². The second kappa shape index (κ2) is 9.78. The summed E-state index contributed by atoms with van der Waals surface area (Å²) in [7, 11) is 0. The van der Waals surface area contributed by atoms with Gasteiger partial charge in [0.15, 0.2) is 0 Å². The summed E-state index contributed by atoms with van der Waals surface area (Å²) in [5, 5.41) is 23.6. The Morgan fingerprint density at radius 1 is 0.607 bits per heavy atom. The van der Waals surface area contributed by atoms with E-state index in [-0.39, 0.29) is 0 Å². The monoisotopic (exact) mass is 376 g/mol. The Bertz CT molecular complexity index is 874. The Morgan fingerprint density at radius 2 is 1.00 bits per heavy atom. The van der Waals surface area contributed by atoms with Gasteiger partial charge in [-0.25, -0.2) is 0 Å². The number of rotatable bonds is 8. The molecule has 0 saturated heterocycles. The molecule has 142 valence electrons. The minimum atomic E-state index is 0.396. The first kappa shape index (κ1) is 19.0. The van der Waals surface area contributed by atoms with Gasteiger partial charge in [0.1, 0.15) is 24.7 Å². The average molecular weight is 376 g/mol. The number of nitrogens with zero attached hydrogens (tertiary/aromatic N) is 2. The molecule has 0 atom stereocenters. The van der Waals surface area contributed by atoms with E-state index in [9.17, 15) is 0 Å². The van der Waals surface area contributed by atoms with Crippen molar-refractivity contribution in [1.29, 1.82) is 0 Å². The molecule has 3 rings (SSSR count). The molecule has 3 aromatic rings. The van der Waals surface area contributed by atoms with Crippen molar-refractivity contribution in [2.45, 2.75) is 13.2 Å². The maximum absolute atomic E-state index is 8.72. The van der Waals surface area contributed by atoms with Crippen LogP contribution in [0.2, 0.25) is 0 Å². The molecule has 0 saturated carbocycles. The fourth-order valence-corrected chi connectivity index (χ4v) is 2.62. The van der Waals surface area contributed by atoms with Gasteiger partial charge < -0.3 is 19.9 Å². The average Bonchev–Trinajstić information content (AvgIpc) is 2.74. The molecule has 6 nitrogen and oxygen atoms in total. The van der Waals surface area contributed by atoms with Gasteiger partial charge in [-0.2, -0.15) is 0 Å². The largest absolute Gasteiger partial charge is 0.488 e. The van der Waals surface area contributed by atoms with E-state index in [4.69, 9.17) is 19.9 Å². The summed E-state index contributed by atoms with van der Waals surface area (Å²) in [5.74, 6) is 1.30. The zero-order chi connectivity index (χ0) is 19.6. The minimum absolute atomic E-state index is 0.396. The molecule has 0 aromatic heterocycles. The molecule has 0 heterocycles. The van der Waals surface area contributed by atoms with Gasteiger partial charge in [-0.1, -0.05) is 58.8 Å². The van der Waals surface area contributed by atoms with Crippen molar-refractivity contribution >= 4 is 12.4 Å². The van der Waals surface area contributed by atoms with Crippen molar-refractivity contribution in [1.82, 2.24) is 0 Å². The molecular formula is C22H20N2O4. The first-order chi connectivity index (χ1) is 13.8. The minimum Gasteiger partial charge on any atom is -0.488 e. The first-order valence-electron chi connectivity index (χ1n) is 8.66. The number of hydrogen-bond acceptors (Lipinski definition) is 6. The van der Waals surface area contributed by atoms with Crippen LogP contribution in [0.4, 0.5) is 0 Å². The van der Waals surface area contributed by atoms with E-state index in [2.05, 4.69) is 10.3 Å². The van der Waals surface area contributed by atoms with Crippen LogP contribution in [-0.4, -0.2) is 22.8 Å². The quantitative estimate of drug-likeness (QED) is 0.345. The predicted molar refractivity (Wildman–Crippen MR) is 107 cm³/mol. The van der Waals surface area contributed by atoms with Crippen LogP contribution < -0.4 is 9.47 Å². The van der Waals surface area contributed by atoms with Crippen LogP contribution in [0.25, 0.3) is 0 Å². The van der Waals surface area contributed by atoms with Crippen molar-refractivity contribution in [3.63, 3.8) is 0 Å². The third kappa shape index (κ3) is 5.11. The summed E-state index contributed by atoms with van der Waals surface area (Å²) in [6.45, 7) is 0.792. The lowest BCUT2D eigenvalue weighted by Gasteiger charge is -2.11. The lowest BCUT2D eigenvalue weighted by Crippen LogP contribution is -2.00. The van der Waals surface area contributed by atoms with Crippen molar-refractivity contribution < 1.29 is 19.9 Å². The summed E-state index contributed by atoms with van der Waals surface area (Å²) in [4.78, 5) is 0. The van der Waals surface area contributed by atoms with Gasteiger partial charge in [-0.3, -0.25) is 0 Å². The van der Waals surface area contributed by atoms with E-state index in [1.165, 1.54) is 12.4 Å². The standard InChI is InChI=1S/C22H20N2O4/c25-23-13-19-5-1-3-7-21(19)27-15-17-9-11-18(12-10-17)16-28-22-8-4-2-6-20(22)14-24-26/h1-14,25-26H,15-16H2/b23-13+,24-14+. The lowest BCUT2D eigenvalue weighted by atomic mass is 10.1. The molecule has 0 spiro atoms. The van der Waals surface area contributed by atoms with Gasteiger partial charge in [-0.05, 0) is 35.4 Å². The van der Waals surface area contributed by atoms with Crippen LogP contribution in [0.15, 0.2) is 83.1 Å². The van der Waals surface area contributed by atoms with Crippen molar-refractivity contribution in [3.8, 4) is 11.5 Å². The van der Waals surface area contributed by atoms with Gasteiger partial charge in [0.05, 0.1) is 12.4 Å². The molecule has 6 heteroatoms. The Kier molecular flexibility index (Phi) is 6.62. The molecule has 0 unspecified atom stereocenters. The molecule has 2 N–H and O–H groups in total. The van der Waals surface area contributed by atoms with Crippen LogP contribution in [-0.2, 0) is 13.2 Å². The van der Waals surface area contributed by atoms with Crippen LogP contribution in [0.3, 0.4) is 0 Å². The van der Waals surface area contributed by atoms with E-state index in [1.54, 1.807) is 0 Å². The van der Waals surface area contributed by atoms with E-state index >= 15 is 0 Å². The smallest absolute Gasteiger partial charge is 0.128 e. The highest BCUT2D eigenvalue weighted by Gasteiger charge is 2.04. The molecule has 0 aliphatic carbocycles. The molecule has 0 aliphatic rings. The number of ether oxygens (including phenoxy) is 2. The highest BCUT2D eigenvalue weighted by Crippen LogP contribution is 2.19. The fourth-order valence-electron chi connectivity index (χ4n) is 2.62. The maximum atomic E-state index is 8.72. The van der Waals surface area contributed by atoms with Crippen LogP contribution in [0.5, 0.6) is 11.5 Å². The van der Waals surface area contributed by atoms with Gasteiger partial charge in [0.25, 0.3) is 0 Å². The summed E-state index contributed by atoms with van der Waals surface area (Å²) in [5.41, 5.74) is 3.43. The van der Waals surface area contributed by atoms with Gasteiger partial charge >= 0.3 is 0 Å². The Balaban J connectivity index is 1.59. The Hall–Kier alpha value is -3.80. The normalized spacial score (nSPS) is 11.1. The number of hydrogen-bond donors (Lipinski definition) is 2. The maximum Gasteiger partial charge on any atom is 0.128 e. The summed E-state index contributed by atoms with van der Waals surface area (Å²) < 4.78 is 11.6. The molecule has 0 radical (unpaired) electrons. The zero-order valence-corrected chi connectivity index (χ0v) is 15.1. The number of benzene rings is 3. The van der Waals surface area contributed by atoms with Gasteiger partial charge in [-0.15, -0.1) is 0 Å². The summed E-state index contributed by atoms with van der Waals surface area (Å²) in [6, 6.07) is 22.6. The Labute approximate surface area is 163 Å². The second-order valence-corrected chi connectivity index (χ2v) is 5.96. The second-order valence-electron chi connectivity index (χ2n) is 5.96. The first-order valence-corrected chi connectivity index (χ1v) is 8.66. The predicted octanol–water partition coefficient (Wildman–Crippen LogP) is 4.46. The fraction of sp³-hybridized carbons (Fsp3) is 0.0909. The van der Waals surface area contributed by atoms with E-state index < -0.39 is 0 Å². The van der Waals surface area contributed by atoms with Crippen LogP contribution >= 0.6 is 0 Å². The number of oxime groups is 2. The third-order valence-electron chi connectivity index (χ3n) is 4.04. The van der Waals surface area contributed by atoms with E-state index in [1.807, 2.05) is 72.8 Å². The molecule has 28 heavy (non-hydrogen) atoms. The zero-order valence-electron chi connectivity index (χ0n) is 15.1. The lowest BCUT2D eigenvalue weighted by molar-refractivity contribution is 0.301. The van der Waals surface area contributed by atoms with Gasteiger partial charge in [0.2, 0.25) is 0 Å². The topological polar surface area (TPSA) is 83.6 Å². The Morgan fingerprint density at radius 3 is 1.39 bits per heavy atom. The van der Waals surface area contributed by atoms with Crippen LogP contribution in [0.1, 0.15) is 22.3 Å². The summed E-state index contributed by atoms with van der Waals surface area (Å²) >= 11 is 0. The third-order valence-corrected chi connectivity index (χ3v) is 4.04. The molecular weight excluding hydrogens is 356 g/mol. The van der Waals surface area contributed by atoms with Gasteiger partial charge in [0, 0.05) is 11.1 Å². The SMILES string of the molecule is O/N=C/c1ccccc1OCc1ccc(COc2ccccc2/C=N/O)cc1. The van der Waals surface area contributed by atoms with Crippen molar-refractivity contribution in [2.75, 3.05) is 0 Å². The molecule has 0 aliphatic heterocycles. The molecule has 0 bridgehead atoms. The van der Waals surface area contributed by atoms with E-state index in [0.717, 1.165) is 11.1 Å². The number of para-hydroxylation sites is 2. The highest BCUT2D eigenvalue weighted by atomic mass is 16.5. The molecule has 3 aromatic carbocycles. The van der Waals surface area contributed by atoms with Crippen LogP contribution in [0, 0.1) is 0 Å². The van der Waals surface area contributed by atoms with E-state index in [0.29, 0.717) is 35.8 Å². The summed E-state index contributed by atoms with van der Waals surface area (Å²) in [6.07, 6.45) is 2.68. The molecule has 0 amide bonds. The van der Waals surface area contributed by atoms with Crippen molar-refractivity contribution in [3.05, 3.63) is 95.1 Å². The molecule has 0 fully saturated rings.